The average molecular weight is 239 g/mol. The fourth-order valence-electron chi connectivity index (χ4n) is 2.07. The molecule has 1 atom stereocenters. The Bertz CT molecular complexity index is 392. The molecular weight excluding hydrogens is 222 g/mol. The maximum atomic E-state index is 11.8. The Hall–Kier alpha value is -1.63. The van der Waals surface area contributed by atoms with E-state index < -0.39 is 0 Å². The van der Waals surface area contributed by atoms with Crippen molar-refractivity contribution in [3.63, 3.8) is 0 Å². The topological polar surface area (TPSA) is 97.3 Å². The number of nitrogens with one attached hydrogen (secondary N) is 1. The molecule has 1 amide bonds. The van der Waals surface area contributed by atoms with Crippen LogP contribution in [-0.4, -0.2) is 46.8 Å². The lowest BCUT2D eigenvalue weighted by atomic mass is 10.1. The first-order valence-electron chi connectivity index (χ1n) is 5.82. The third-order valence-corrected chi connectivity index (χ3v) is 3.02. The van der Waals surface area contributed by atoms with Crippen molar-refractivity contribution < 1.29 is 9.42 Å². The van der Waals surface area contributed by atoms with Crippen LogP contribution < -0.4 is 11.1 Å². The Labute approximate surface area is 99.3 Å². The van der Waals surface area contributed by atoms with Crippen LogP contribution in [0.25, 0.3) is 0 Å². The van der Waals surface area contributed by atoms with Crippen LogP contribution in [-0.2, 0) is 0 Å². The maximum absolute atomic E-state index is 11.8. The number of nitrogen functional groups attached to an aromatic ring is 1. The van der Waals surface area contributed by atoms with Gasteiger partial charge in [-0.2, -0.15) is 0 Å². The zero-order valence-corrected chi connectivity index (χ0v) is 9.85. The van der Waals surface area contributed by atoms with E-state index in [2.05, 4.69) is 32.1 Å². The van der Waals surface area contributed by atoms with E-state index >= 15 is 0 Å². The maximum Gasteiger partial charge on any atom is 0.277 e. The van der Waals surface area contributed by atoms with E-state index in [1.54, 1.807) is 0 Å². The summed E-state index contributed by atoms with van der Waals surface area (Å²) in [5.74, 6) is -0.280. The number of aromatic nitrogens is 2. The molecule has 94 valence electrons. The summed E-state index contributed by atoms with van der Waals surface area (Å²) >= 11 is 0. The highest BCUT2D eigenvalue weighted by atomic mass is 16.6. The van der Waals surface area contributed by atoms with Gasteiger partial charge in [0.1, 0.15) is 0 Å². The predicted molar refractivity (Wildman–Crippen MR) is 61.3 cm³/mol. The zero-order valence-electron chi connectivity index (χ0n) is 9.85. The van der Waals surface area contributed by atoms with Crippen LogP contribution in [0.1, 0.15) is 30.3 Å². The second kappa shape index (κ2) is 5.13. The van der Waals surface area contributed by atoms with Crippen molar-refractivity contribution in [3.8, 4) is 0 Å². The minimum absolute atomic E-state index is 0.0330. The van der Waals surface area contributed by atoms with Crippen LogP contribution >= 0.6 is 0 Å². The van der Waals surface area contributed by atoms with Gasteiger partial charge in [0, 0.05) is 12.6 Å². The van der Waals surface area contributed by atoms with Gasteiger partial charge in [0.05, 0.1) is 0 Å². The smallest absolute Gasteiger partial charge is 0.277 e. The summed E-state index contributed by atoms with van der Waals surface area (Å²) in [6.07, 6.45) is 2.07. The van der Waals surface area contributed by atoms with Gasteiger partial charge < -0.3 is 16.0 Å². The fourth-order valence-corrected chi connectivity index (χ4v) is 2.07. The first-order chi connectivity index (χ1) is 8.20. The molecule has 0 saturated carbocycles. The van der Waals surface area contributed by atoms with Gasteiger partial charge in [-0.1, -0.05) is 6.92 Å². The van der Waals surface area contributed by atoms with E-state index in [0.717, 1.165) is 32.5 Å². The lowest BCUT2D eigenvalue weighted by Gasteiger charge is -2.31. The molecule has 0 aromatic carbocycles. The predicted octanol–water partition coefficient (Wildman–Crippen LogP) is -0.134. The third-order valence-electron chi connectivity index (χ3n) is 3.02. The van der Waals surface area contributed by atoms with Crippen LogP contribution in [0.4, 0.5) is 5.82 Å². The fraction of sp³-hybridized carbons (Fsp3) is 0.700. The van der Waals surface area contributed by atoms with Crippen molar-refractivity contribution in [2.24, 2.45) is 0 Å². The number of hydrogen-bond acceptors (Lipinski definition) is 6. The molecule has 0 bridgehead atoms. The second-order valence-corrected chi connectivity index (χ2v) is 4.20. The number of carbonyl (C=O) groups excluding carboxylic acids is 1. The summed E-state index contributed by atoms with van der Waals surface area (Å²) in [6, 6.07) is 0.146. The van der Waals surface area contributed by atoms with Gasteiger partial charge in [0.15, 0.2) is 0 Å². The van der Waals surface area contributed by atoms with E-state index in [0.29, 0.717) is 0 Å². The monoisotopic (exact) mass is 239 g/mol. The van der Waals surface area contributed by atoms with Crippen LogP contribution in [0, 0.1) is 0 Å². The van der Waals surface area contributed by atoms with Crippen LogP contribution in [0.5, 0.6) is 0 Å². The van der Waals surface area contributed by atoms with Gasteiger partial charge in [0.2, 0.25) is 11.5 Å². The highest BCUT2D eigenvalue weighted by Crippen LogP contribution is 2.11. The summed E-state index contributed by atoms with van der Waals surface area (Å²) in [4.78, 5) is 14.1. The lowest BCUT2D eigenvalue weighted by molar-refractivity contribution is 0.0896. The van der Waals surface area contributed by atoms with Crippen molar-refractivity contribution in [2.75, 3.05) is 25.4 Å². The van der Waals surface area contributed by atoms with Gasteiger partial charge in [0.25, 0.3) is 5.91 Å². The molecular formula is C10H17N5O2. The Kier molecular flexibility index (Phi) is 3.58. The lowest BCUT2D eigenvalue weighted by Crippen LogP contribution is -2.47. The molecule has 0 radical (unpaired) electrons. The number of carbonyl (C=O) groups is 1. The molecule has 1 saturated heterocycles. The minimum atomic E-state index is -0.313. The molecule has 2 heterocycles. The summed E-state index contributed by atoms with van der Waals surface area (Å²) in [5, 5.41) is 9.77. The highest BCUT2D eigenvalue weighted by Gasteiger charge is 2.23. The molecule has 0 spiro atoms. The molecule has 7 nitrogen and oxygen atoms in total. The molecule has 1 aromatic heterocycles. The summed E-state index contributed by atoms with van der Waals surface area (Å²) in [5.41, 5.74) is 5.53. The number of nitrogens with zero attached hydrogens (tertiary/aromatic N) is 3. The summed E-state index contributed by atoms with van der Waals surface area (Å²) in [6.45, 7) is 5.08. The van der Waals surface area contributed by atoms with Gasteiger partial charge in [-0.15, -0.1) is 0 Å². The molecule has 17 heavy (non-hydrogen) atoms. The summed E-state index contributed by atoms with van der Waals surface area (Å²) in [7, 11) is 0. The highest BCUT2D eigenvalue weighted by molar-refractivity contribution is 5.96. The van der Waals surface area contributed by atoms with Gasteiger partial charge in [-0.25, -0.2) is 4.63 Å². The molecule has 1 aliphatic heterocycles. The average Bonchev–Trinajstić information content (AvgIpc) is 2.76. The first kappa shape index (κ1) is 11.8. The third kappa shape index (κ3) is 2.73. The van der Waals surface area contributed by atoms with E-state index in [4.69, 9.17) is 5.73 Å². The summed E-state index contributed by atoms with van der Waals surface area (Å²) < 4.78 is 4.40. The molecule has 2 rings (SSSR count). The molecule has 3 N–H and O–H groups in total. The van der Waals surface area contributed by atoms with Gasteiger partial charge >= 0.3 is 0 Å². The van der Waals surface area contributed by atoms with E-state index in [-0.39, 0.29) is 23.5 Å². The number of nitrogens with two attached hydrogens (primary N) is 1. The molecule has 1 aliphatic rings. The van der Waals surface area contributed by atoms with E-state index in [9.17, 15) is 4.79 Å². The van der Waals surface area contributed by atoms with E-state index in [1.165, 1.54) is 0 Å². The molecule has 7 heteroatoms. The number of amides is 1. The van der Waals surface area contributed by atoms with Gasteiger partial charge in [-0.3, -0.25) is 4.79 Å². The zero-order chi connectivity index (χ0) is 12.3. The Balaban J connectivity index is 1.93. The van der Waals surface area contributed by atoms with Crippen LogP contribution in [0.15, 0.2) is 4.63 Å². The first-order valence-corrected chi connectivity index (χ1v) is 5.82. The van der Waals surface area contributed by atoms with E-state index in [1.807, 2.05) is 0 Å². The van der Waals surface area contributed by atoms with Crippen molar-refractivity contribution in [3.05, 3.63) is 5.69 Å². The minimum Gasteiger partial charge on any atom is -0.379 e. The van der Waals surface area contributed by atoms with Crippen LogP contribution in [0.2, 0.25) is 0 Å². The van der Waals surface area contributed by atoms with Crippen molar-refractivity contribution in [1.82, 2.24) is 20.5 Å². The number of likely N-dealkylation sites (tertiary alicyclic amines) is 1. The van der Waals surface area contributed by atoms with Crippen molar-refractivity contribution in [2.45, 2.75) is 25.8 Å². The Morgan fingerprint density at radius 1 is 1.65 bits per heavy atom. The molecule has 1 unspecified atom stereocenters. The SMILES string of the molecule is CCN1CCCC(NC(=O)c2nonc2N)C1. The number of likely N-dealkylation sites (N-methyl/N-ethyl adjacent to an activating group) is 1. The Morgan fingerprint density at radius 2 is 2.47 bits per heavy atom. The largest absolute Gasteiger partial charge is 0.379 e. The van der Waals surface area contributed by atoms with Crippen LogP contribution in [0.3, 0.4) is 0 Å². The normalized spacial score (nSPS) is 21.4. The number of piperidine rings is 1. The van der Waals surface area contributed by atoms with Gasteiger partial charge in [-0.05, 0) is 36.2 Å². The number of hydrogen-bond donors (Lipinski definition) is 2. The standard InChI is InChI=1S/C10H17N5O2/c1-2-15-5-3-4-7(6-15)12-10(16)8-9(11)14-17-13-8/h7H,2-6H2,1H3,(H2,11,14)(H,12,16). The quantitative estimate of drug-likeness (QED) is 0.762. The second-order valence-electron chi connectivity index (χ2n) is 4.20. The number of anilines is 1. The van der Waals surface area contributed by atoms with Crippen molar-refractivity contribution in [1.29, 1.82) is 0 Å². The number of rotatable bonds is 3. The van der Waals surface area contributed by atoms with Crippen molar-refractivity contribution >= 4 is 11.7 Å². The molecule has 1 fully saturated rings. The Morgan fingerprint density at radius 3 is 3.12 bits per heavy atom. The molecule has 1 aromatic rings. The molecule has 0 aliphatic carbocycles.